The zero-order valence-corrected chi connectivity index (χ0v) is 8.12. The maximum absolute atomic E-state index is 11.7. The van der Waals surface area contributed by atoms with Crippen LogP contribution >= 0.6 is 0 Å². The third-order valence-corrected chi connectivity index (χ3v) is 2.64. The SMILES string of the molecule is COc1ccc2c(c1)CCC(N)C2=O. The smallest absolute Gasteiger partial charge is 0.179 e. The number of hydrogen-bond donors (Lipinski definition) is 1. The summed E-state index contributed by atoms with van der Waals surface area (Å²) < 4.78 is 5.10. The van der Waals surface area contributed by atoms with E-state index < -0.39 is 0 Å². The van der Waals surface area contributed by atoms with Crippen molar-refractivity contribution in [2.24, 2.45) is 5.73 Å². The number of ketones is 1. The predicted molar refractivity (Wildman–Crippen MR) is 53.6 cm³/mol. The van der Waals surface area contributed by atoms with Gasteiger partial charge in [-0.15, -0.1) is 0 Å². The molecule has 1 aliphatic rings. The third-order valence-electron chi connectivity index (χ3n) is 2.64. The topological polar surface area (TPSA) is 52.3 Å². The van der Waals surface area contributed by atoms with Crippen LogP contribution in [0, 0.1) is 0 Å². The number of Topliss-reactive ketones (excluding diaryl/α,β-unsaturated/α-hetero) is 1. The number of fused-ring (bicyclic) bond motifs is 1. The molecule has 2 N–H and O–H groups in total. The van der Waals surface area contributed by atoms with Crippen LogP contribution in [0.3, 0.4) is 0 Å². The van der Waals surface area contributed by atoms with E-state index in [2.05, 4.69) is 0 Å². The van der Waals surface area contributed by atoms with Gasteiger partial charge >= 0.3 is 0 Å². The molecule has 3 heteroatoms. The highest BCUT2D eigenvalue weighted by atomic mass is 16.5. The molecule has 0 amide bonds. The Hall–Kier alpha value is -1.35. The molecule has 1 atom stereocenters. The summed E-state index contributed by atoms with van der Waals surface area (Å²) in [7, 11) is 1.62. The van der Waals surface area contributed by atoms with E-state index in [0.29, 0.717) is 0 Å². The van der Waals surface area contributed by atoms with Crippen LogP contribution in [0.1, 0.15) is 22.3 Å². The Balaban J connectivity index is 2.44. The Morgan fingerprint density at radius 2 is 2.29 bits per heavy atom. The number of carbonyl (C=O) groups excluding carboxylic acids is 1. The molecule has 3 nitrogen and oxygen atoms in total. The monoisotopic (exact) mass is 191 g/mol. The van der Waals surface area contributed by atoms with E-state index in [1.807, 2.05) is 6.07 Å². The Bertz CT molecular complexity index is 374. The van der Waals surface area contributed by atoms with E-state index in [-0.39, 0.29) is 11.8 Å². The van der Waals surface area contributed by atoms with Gasteiger partial charge in [0.05, 0.1) is 13.2 Å². The molecule has 0 heterocycles. The van der Waals surface area contributed by atoms with Crippen LogP contribution in [0.15, 0.2) is 18.2 Å². The van der Waals surface area contributed by atoms with Crippen molar-refractivity contribution in [2.45, 2.75) is 18.9 Å². The standard InChI is InChI=1S/C11H13NO2/c1-14-8-3-4-9-7(6-8)2-5-10(12)11(9)13/h3-4,6,10H,2,5,12H2,1H3. The lowest BCUT2D eigenvalue weighted by atomic mass is 9.87. The van der Waals surface area contributed by atoms with Crippen LogP contribution in [0.2, 0.25) is 0 Å². The first-order chi connectivity index (χ1) is 6.72. The lowest BCUT2D eigenvalue weighted by Gasteiger charge is -2.20. The average molecular weight is 191 g/mol. The summed E-state index contributed by atoms with van der Waals surface area (Å²) in [6.07, 6.45) is 1.60. The first kappa shape index (κ1) is 9.21. The molecule has 74 valence electrons. The number of rotatable bonds is 1. The minimum atomic E-state index is -0.323. The van der Waals surface area contributed by atoms with Gasteiger partial charge < -0.3 is 10.5 Å². The maximum Gasteiger partial charge on any atom is 0.179 e. The minimum absolute atomic E-state index is 0.0499. The van der Waals surface area contributed by atoms with E-state index in [0.717, 1.165) is 29.7 Å². The Kier molecular flexibility index (Phi) is 2.25. The molecule has 0 spiro atoms. The van der Waals surface area contributed by atoms with E-state index >= 15 is 0 Å². The van der Waals surface area contributed by atoms with Crippen LogP contribution in [0.4, 0.5) is 0 Å². The van der Waals surface area contributed by atoms with E-state index in [1.54, 1.807) is 19.2 Å². The molecule has 0 radical (unpaired) electrons. The molecule has 1 aromatic rings. The Morgan fingerprint density at radius 1 is 1.50 bits per heavy atom. The van der Waals surface area contributed by atoms with Crippen molar-refractivity contribution < 1.29 is 9.53 Å². The van der Waals surface area contributed by atoms with Gasteiger partial charge in [-0.1, -0.05) is 0 Å². The van der Waals surface area contributed by atoms with Crippen molar-refractivity contribution >= 4 is 5.78 Å². The predicted octanol–water partition coefficient (Wildman–Crippen LogP) is 1.15. The molecule has 1 aromatic carbocycles. The second kappa shape index (κ2) is 3.42. The van der Waals surface area contributed by atoms with Crippen molar-refractivity contribution in [1.82, 2.24) is 0 Å². The molecule has 0 aliphatic heterocycles. The minimum Gasteiger partial charge on any atom is -0.497 e. The van der Waals surface area contributed by atoms with Crippen LogP contribution in [0.25, 0.3) is 0 Å². The lowest BCUT2D eigenvalue weighted by molar-refractivity contribution is 0.0948. The fraction of sp³-hybridized carbons (Fsp3) is 0.364. The van der Waals surface area contributed by atoms with Crippen molar-refractivity contribution in [3.05, 3.63) is 29.3 Å². The second-order valence-corrected chi connectivity index (χ2v) is 3.53. The van der Waals surface area contributed by atoms with Crippen LogP contribution in [-0.2, 0) is 6.42 Å². The summed E-state index contributed by atoms with van der Waals surface area (Å²) in [5.74, 6) is 0.848. The normalized spacial score (nSPS) is 20.4. The quantitative estimate of drug-likeness (QED) is 0.724. The largest absolute Gasteiger partial charge is 0.497 e. The van der Waals surface area contributed by atoms with Crippen LogP contribution in [-0.4, -0.2) is 18.9 Å². The van der Waals surface area contributed by atoms with Crippen LogP contribution in [0.5, 0.6) is 5.75 Å². The number of carbonyl (C=O) groups is 1. The van der Waals surface area contributed by atoms with Crippen molar-refractivity contribution in [3.63, 3.8) is 0 Å². The molecule has 0 saturated heterocycles. The van der Waals surface area contributed by atoms with Crippen molar-refractivity contribution in [1.29, 1.82) is 0 Å². The summed E-state index contributed by atoms with van der Waals surface area (Å²) in [5.41, 5.74) is 7.49. The number of methoxy groups -OCH3 is 1. The fourth-order valence-electron chi connectivity index (χ4n) is 1.79. The summed E-state index contributed by atoms with van der Waals surface area (Å²) >= 11 is 0. The molecule has 0 saturated carbocycles. The van der Waals surface area contributed by atoms with Gasteiger partial charge in [-0.25, -0.2) is 0 Å². The highest BCUT2D eigenvalue weighted by Crippen LogP contribution is 2.24. The number of ether oxygens (including phenoxy) is 1. The molecular weight excluding hydrogens is 178 g/mol. The first-order valence-corrected chi connectivity index (χ1v) is 4.69. The van der Waals surface area contributed by atoms with Crippen molar-refractivity contribution in [3.8, 4) is 5.75 Å². The van der Waals surface area contributed by atoms with Gasteiger partial charge in [0.2, 0.25) is 0 Å². The van der Waals surface area contributed by atoms with Gasteiger partial charge in [-0.05, 0) is 36.6 Å². The molecule has 2 rings (SSSR count). The van der Waals surface area contributed by atoms with Crippen molar-refractivity contribution in [2.75, 3.05) is 7.11 Å². The molecule has 1 aliphatic carbocycles. The lowest BCUT2D eigenvalue weighted by Crippen LogP contribution is -2.35. The Labute approximate surface area is 82.9 Å². The average Bonchev–Trinajstić information content (AvgIpc) is 2.23. The number of benzene rings is 1. The molecule has 14 heavy (non-hydrogen) atoms. The van der Waals surface area contributed by atoms with Gasteiger partial charge in [-0.3, -0.25) is 4.79 Å². The summed E-state index contributed by atoms with van der Waals surface area (Å²) in [4.78, 5) is 11.7. The number of nitrogens with two attached hydrogens (primary N) is 1. The number of aryl methyl sites for hydroxylation is 1. The molecule has 0 fully saturated rings. The molecule has 0 bridgehead atoms. The van der Waals surface area contributed by atoms with Gasteiger partial charge in [0.15, 0.2) is 5.78 Å². The highest BCUT2D eigenvalue weighted by Gasteiger charge is 2.24. The Morgan fingerprint density at radius 3 is 3.00 bits per heavy atom. The highest BCUT2D eigenvalue weighted by molar-refractivity contribution is 6.02. The van der Waals surface area contributed by atoms with Gasteiger partial charge in [-0.2, -0.15) is 0 Å². The third kappa shape index (κ3) is 1.40. The zero-order valence-electron chi connectivity index (χ0n) is 8.12. The first-order valence-electron chi connectivity index (χ1n) is 4.69. The second-order valence-electron chi connectivity index (χ2n) is 3.53. The fourth-order valence-corrected chi connectivity index (χ4v) is 1.79. The van der Waals surface area contributed by atoms with Gasteiger partial charge in [0.1, 0.15) is 5.75 Å². The molecular formula is C11H13NO2. The van der Waals surface area contributed by atoms with E-state index in [9.17, 15) is 4.79 Å². The van der Waals surface area contributed by atoms with E-state index in [1.165, 1.54) is 0 Å². The molecule has 1 unspecified atom stereocenters. The summed E-state index contributed by atoms with van der Waals surface area (Å²) in [5, 5.41) is 0. The van der Waals surface area contributed by atoms with Gasteiger partial charge in [0.25, 0.3) is 0 Å². The summed E-state index contributed by atoms with van der Waals surface area (Å²) in [6, 6.07) is 5.19. The maximum atomic E-state index is 11.7. The molecule has 0 aromatic heterocycles. The number of hydrogen-bond acceptors (Lipinski definition) is 3. The van der Waals surface area contributed by atoms with E-state index in [4.69, 9.17) is 10.5 Å². The summed E-state index contributed by atoms with van der Waals surface area (Å²) in [6.45, 7) is 0. The van der Waals surface area contributed by atoms with Crippen LogP contribution < -0.4 is 10.5 Å². The zero-order chi connectivity index (χ0) is 10.1. The van der Waals surface area contributed by atoms with Gasteiger partial charge in [0, 0.05) is 5.56 Å².